The van der Waals surface area contributed by atoms with Gasteiger partial charge in [-0.25, -0.2) is 0 Å². The second kappa shape index (κ2) is 4.90. The molecule has 0 fully saturated rings. The predicted octanol–water partition coefficient (Wildman–Crippen LogP) is 2.23. The molecule has 1 rings (SSSR count). The Morgan fingerprint density at radius 1 is 1.46 bits per heavy atom. The average Bonchev–Trinajstić information content (AvgIpc) is 2.16. The van der Waals surface area contributed by atoms with E-state index in [0.717, 1.165) is 5.75 Å². The van der Waals surface area contributed by atoms with E-state index >= 15 is 0 Å². The number of nitrogens with two attached hydrogens (primary N) is 1. The molecule has 2 N–H and O–H groups in total. The monoisotopic (exact) mass is 197 g/mol. The summed E-state index contributed by atoms with van der Waals surface area (Å²) < 4.78 is 5.36. The second-order valence-corrected chi connectivity index (χ2v) is 3.10. The summed E-state index contributed by atoms with van der Waals surface area (Å²) in [6, 6.07) is 7.03. The van der Waals surface area contributed by atoms with Gasteiger partial charge >= 0.3 is 0 Å². The molecule has 0 saturated carbocycles. The highest BCUT2D eigenvalue weighted by atomic mass is 35.5. The summed E-state index contributed by atoms with van der Waals surface area (Å²) in [5.41, 5.74) is 5.58. The molecular formula is C10H12ClNO. The number of ether oxygens (including phenoxy) is 1. The standard InChI is InChI=1S/C10H12ClNO/c1-2-9(12)7-13-10-5-3-8(11)4-6-10/h2-6,9H,1,7,12H2. The molecule has 0 spiro atoms. The largest absolute Gasteiger partial charge is 0.492 e. The summed E-state index contributed by atoms with van der Waals surface area (Å²) in [5.74, 6) is 0.765. The van der Waals surface area contributed by atoms with Crippen LogP contribution in [-0.2, 0) is 0 Å². The smallest absolute Gasteiger partial charge is 0.119 e. The highest BCUT2D eigenvalue weighted by Crippen LogP contribution is 2.15. The molecule has 2 nitrogen and oxygen atoms in total. The summed E-state index contributed by atoms with van der Waals surface area (Å²) in [6.07, 6.45) is 1.65. The molecule has 13 heavy (non-hydrogen) atoms. The van der Waals surface area contributed by atoms with Gasteiger partial charge in [-0.1, -0.05) is 17.7 Å². The highest BCUT2D eigenvalue weighted by Gasteiger charge is 1.97. The zero-order valence-electron chi connectivity index (χ0n) is 7.24. The van der Waals surface area contributed by atoms with Crippen LogP contribution in [0.5, 0.6) is 5.75 Å². The summed E-state index contributed by atoms with van der Waals surface area (Å²) in [4.78, 5) is 0. The van der Waals surface area contributed by atoms with Crippen LogP contribution < -0.4 is 10.5 Å². The number of rotatable bonds is 4. The molecule has 3 heteroatoms. The molecule has 0 amide bonds. The highest BCUT2D eigenvalue weighted by molar-refractivity contribution is 6.30. The van der Waals surface area contributed by atoms with Crippen molar-refractivity contribution in [1.82, 2.24) is 0 Å². The third kappa shape index (κ3) is 3.49. The molecule has 1 aromatic carbocycles. The molecule has 1 unspecified atom stereocenters. The fraction of sp³-hybridized carbons (Fsp3) is 0.200. The third-order valence-electron chi connectivity index (χ3n) is 1.56. The van der Waals surface area contributed by atoms with Crippen LogP contribution in [0.4, 0.5) is 0 Å². The Kier molecular flexibility index (Phi) is 3.80. The van der Waals surface area contributed by atoms with Crippen molar-refractivity contribution in [2.75, 3.05) is 6.61 Å². The summed E-state index contributed by atoms with van der Waals surface area (Å²) in [7, 11) is 0. The molecule has 1 aromatic rings. The molecule has 1 atom stereocenters. The van der Waals surface area contributed by atoms with E-state index in [9.17, 15) is 0 Å². The lowest BCUT2D eigenvalue weighted by Gasteiger charge is -2.08. The first-order valence-electron chi connectivity index (χ1n) is 3.99. The lowest BCUT2D eigenvalue weighted by Crippen LogP contribution is -2.24. The lowest BCUT2D eigenvalue weighted by molar-refractivity contribution is 0.306. The van der Waals surface area contributed by atoms with E-state index < -0.39 is 0 Å². The molecule has 0 bridgehead atoms. The fourth-order valence-electron chi connectivity index (χ4n) is 0.791. The fourth-order valence-corrected chi connectivity index (χ4v) is 0.917. The Hall–Kier alpha value is -0.990. The van der Waals surface area contributed by atoms with Gasteiger partial charge in [0.2, 0.25) is 0 Å². The van der Waals surface area contributed by atoms with E-state index in [2.05, 4.69) is 6.58 Å². The number of benzene rings is 1. The van der Waals surface area contributed by atoms with E-state index in [1.165, 1.54) is 0 Å². The van der Waals surface area contributed by atoms with Crippen molar-refractivity contribution in [1.29, 1.82) is 0 Å². The average molecular weight is 198 g/mol. The molecule has 0 aliphatic carbocycles. The molecule has 0 aliphatic rings. The minimum absolute atomic E-state index is 0.129. The SMILES string of the molecule is C=CC(N)COc1ccc(Cl)cc1. The normalized spacial score (nSPS) is 12.2. The van der Waals surface area contributed by atoms with Crippen LogP contribution in [0.3, 0.4) is 0 Å². The first-order valence-corrected chi connectivity index (χ1v) is 4.36. The van der Waals surface area contributed by atoms with Crippen molar-refractivity contribution < 1.29 is 4.74 Å². The van der Waals surface area contributed by atoms with Gasteiger partial charge in [-0.3, -0.25) is 0 Å². The van der Waals surface area contributed by atoms with Crippen molar-refractivity contribution in [2.45, 2.75) is 6.04 Å². The molecule has 0 aliphatic heterocycles. The lowest BCUT2D eigenvalue weighted by atomic mass is 10.3. The quantitative estimate of drug-likeness (QED) is 0.752. The molecule has 0 radical (unpaired) electrons. The Morgan fingerprint density at radius 3 is 2.62 bits per heavy atom. The molecule has 0 aromatic heterocycles. The Labute approximate surface area is 83.0 Å². The van der Waals surface area contributed by atoms with Gasteiger partial charge in [0.1, 0.15) is 12.4 Å². The zero-order valence-corrected chi connectivity index (χ0v) is 8.00. The first kappa shape index (κ1) is 10.1. The van der Waals surface area contributed by atoms with Gasteiger partial charge in [-0.05, 0) is 24.3 Å². The van der Waals surface area contributed by atoms with Gasteiger partial charge in [-0.2, -0.15) is 0 Å². The van der Waals surface area contributed by atoms with E-state index in [4.69, 9.17) is 22.1 Å². The van der Waals surface area contributed by atoms with Gasteiger partial charge in [-0.15, -0.1) is 6.58 Å². The third-order valence-corrected chi connectivity index (χ3v) is 1.81. The minimum atomic E-state index is -0.129. The maximum atomic E-state index is 5.71. The van der Waals surface area contributed by atoms with Crippen molar-refractivity contribution in [3.63, 3.8) is 0 Å². The van der Waals surface area contributed by atoms with Crippen molar-refractivity contribution >= 4 is 11.6 Å². The zero-order chi connectivity index (χ0) is 9.68. The van der Waals surface area contributed by atoms with Crippen molar-refractivity contribution in [3.05, 3.63) is 41.9 Å². The Bertz CT molecular complexity index is 271. The molecule has 70 valence electrons. The van der Waals surface area contributed by atoms with Crippen molar-refractivity contribution in [2.24, 2.45) is 5.73 Å². The maximum absolute atomic E-state index is 5.71. The van der Waals surface area contributed by atoms with Crippen LogP contribution >= 0.6 is 11.6 Å². The van der Waals surface area contributed by atoms with Crippen LogP contribution in [0.25, 0.3) is 0 Å². The maximum Gasteiger partial charge on any atom is 0.119 e. The predicted molar refractivity (Wildman–Crippen MR) is 55.1 cm³/mol. The van der Waals surface area contributed by atoms with E-state index in [1.54, 1.807) is 30.3 Å². The minimum Gasteiger partial charge on any atom is -0.492 e. The molecular weight excluding hydrogens is 186 g/mol. The van der Waals surface area contributed by atoms with Gasteiger partial charge in [0.05, 0.1) is 6.04 Å². The summed E-state index contributed by atoms with van der Waals surface area (Å²) in [5, 5.41) is 0.695. The van der Waals surface area contributed by atoms with Gasteiger partial charge < -0.3 is 10.5 Å². The van der Waals surface area contributed by atoms with Crippen LogP contribution in [-0.4, -0.2) is 12.6 Å². The number of halogens is 1. The Morgan fingerprint density at radius 2 is 2.08 bits per heavy atom. The van der Waals surface area contributed by atoms with Crippen LogP contribution in [0.2, 0.25) is 5.02 Å². The van der Waals surface area contributed by atoms with Crippen molar-refractivity contribution in [3.8, 4) is 5.75 Å². The van der Waals surface area contributed by atoms with Crippen LogP contribution in [0, 0.1) is 0 Å². The number of hydrogen-bond donors (Lipinski definition) is 1. The number of hydrogen-bond acceptors (Lipinski definition) is 2. The van der Waals surface area contributed by atoms with Crippen LogP contribution in [0.15, 0.2) is 36.9 Å². The summed E-state index contributed by atoms with van der Waals surface area (Å²) in [6.45, 7) is 4.00. The molecule has 0 saturated heterocycles. The summed E-state index contributed by atoms with van der Waals surface area (Å²) >= 11 is 5.71. The van der Waals surface area contributed by atoms with Gasteiger partial charge in [0, 0.05) is 5.02 Å². The van der Waals surface area contributed by atoms with Gasteiger partial charge in [0.25, 0.3) is 0 Å². The first-order chi connectivity index (χ1) is 6.22. The van der Waals surface area contributed by atoms with Gasteiger partial charge in [0.15, 0.2) is 0 Å². The van der Waals surface area contributed by atoms with E-state index in [1.807, 2.05) is 0 Å². The molecule has 0 heterocycles. The Balaban J connectivity index is 2.45. The van der Waals surface area contributed by atoms with Crippen LogP contribution in [0.1, 0.15) is 0 Å². The van der Waals surface area contributed by atoms with E-state index in [-0.39, 0.29) is 6.04 Å². The van der Waals surface area contributed by atoms with E-state index in [0.29, 0.717) is 11.6 Å². The topological polar surface area (TPSA) is 35.2 Å². The second-order valence-electron chi connectivity index (χ2n) is 2.66.